The fraction of sp³-hybridized carbons (Fsp3) is 0.263. The number of benzene rings is 1. The van der Waals surface area contributed by atoms with Crippen LogP contribution in [0.1, 0.15) is 16.2 Å². The lowest BCUT2D eigenvalue weighted by atomic mass is 10.2. The van der Waals surface area contributed by atoms with Crippen LogP contribution < -0.4 is 4.90 Å². The predicted molar refractivity (Wildman–Crippen MR) is 111 cm³/mol. The zero-order valence-corrected chi connectivity index (χ0v) is 17.6. The van der Waals surface area contributed by atoms with Crippen LogP contribution in [0.2, 0.25) is 5.02 Å². The van der Waals surface area contributed by atoms with Crippen LogP contribution in [-0.2, 0) is 0 Å². The highest BCUT2D eigenvalue weighted by Gasteiger charge is 2.27. The van der Waals surface area contributed by atoms with Gasteiger partial charge in [0.1, 0.15) is 5.82 Å². The minimum absolute atomic E-state index is 0.103. The highest BCUT2D eigenvalue weighted by molar-refractivity contribution is 9.10. The topological polar surface area (TPSA) is 67.2 Å². The number of halogens is 2. The second-order valence-corrected chi connectivity index (χ2v) is 7.88. The van der Waals surface area contributed by atoms with Crippen LogP contribution in [0.5, 0.6) is 0 Å². The van der Waals surface area contributed by atoms with E-state index in [0.29, 0.717) is 29.5 Å². The van der Waals surface area contributed by atoms with Gasteiger partial charge in [-0.05, 0) is 53.2 Å². The highest BCUT2D eigenvalue weighted by Crippen LogP contribution is 2.20. The zero-order chi connectivity index (χ0) is 19.7. The summed E-state index contributed by atoms with van der Waals surface area (Å²) in [6.45, 7) is 4.51. The number of carbonyl (C=O) groups excluding carboxylic acids is 1. The Bertz CT molecular complexity index is 998. The lowest BCUT2D eigenvalue weighted by molar-refractivity contribution is 0.0739. The maximum Gasteiger partial charge on any atom is 0.276 e. The number of amides is 1. The molecular formula is C19H18BrClN6O. The molecule has 9 heteroatoms. The van der Waals surface area contributed by atoms with Gasteiger partial charge >= 0.3 is 0 Å². The first kappa shape index (κ1) is 18.9. The van der Waals surface area contributed by atoms with Gasteiger partial charge in [0.15, 0.2) is 5.69 Å². The number of carbonyl (C=O) groups is 1. The summed E-state index contributed by atoms with van der Waals surface area (Å²) in [5.41, 5.74) is 1.85. The Labute approximate surface area is 176 Å². The number of pyridine rings is 1. The van der Waals surface area contributed by atoms with Gasteiger partial charge in [-0.3, -0.25) is 4.79 Å². The van der Waals surface area contributed by atoms with E-state index in [0.717, 1.165) is 29.1 Å². The van der Waals surface area contributed by atoms with Gasteiger partial charge in [-0.15, -0.1) is 5.10 Å². The van der Waals surface area contributed by atoms with Crippen molar-refractivity contribution >= 4 is 39.3 Å². The standard InChI is InChI=1S/C19H18BrClN6O/c1-13-18(23-24-27(13)16-4-2-3-15(21)11-16)19(28)26-9-7-25(8-10-26)17-6-5-14(20)12-22-17/h2-6,11-12H,7-10H2,1H3. The molecule has 1 aliphatic rings. The van der Waals surface area contributed by atoms with Crippen molar-refractivity contribution in [3.05, 3.63) is 63.5 Å². The van der Waals surface area contributed by atoms with Crippen LogP contribution >= 0.6 is 27.5 Å². The molecular weight excluding hydrogens is 444 g/mol. The first-order valence-corrected chi connectivity index (χ1v) is 10.0. The number of anilines is 1. The Morgan fingerprint density at radius 1 is 1.14 bits per heavy atom. The molecule has 1 amide bonds. The number of piperazine rings is 1. The summed E-state index contributed by atoms with van der Waals surface area (Å²) in [6.07, 6.45) is 1.78. The second-order valence-electron chi connectivity index (χ2n) is 6.53. The molecule has 3 aromatic rings. The maximum absolute atomic E-state index is 13.0. The van der Waals surface area contributed by atoms with E-state index in [1.807, 2.05) is 36.1 Å². The largest absolute Gasteiger partial charge is 0.353 e. The molecule has 1 aromatic carbocycles. The minimum Gasteiger partial charge on any atom is -0.353 e. The molecule has 4 rings (SSSR count). The predicted octanol–water partition coefficient (Wildman–Crippen LogP) is 3.35. The molecule has 2 aromatic heterocycles. The van der Waals surface area contributed by atoms with Gasteiger partial charge in [0.05, 0.1) is 11.4 Å². The van der Waals surface area contributed by atoms with Gasteiger partial charge in [-0.25, -0.2) is 9.67 Å². The summed E-state index contributed by atoms with van der Waals surface area (Å²) in [5.74, 6) is 0.813. The summed E-state index contributed by atoms with van der Waals surface area (Å²) in [5, 5.41) is 8.89. The summed E-state index contributed by atoms with van der Waals surface area (Å²) < 4.78 is 2.59. The number of rotatable bonds is 3. The summed E-state index contributed by atoms with van der Waals surface area (Å²) in [6, 6.07) is 11.3. The summed E-state index contributed by atoms with van der Waals surface area (Å²) >= 11 is 9.46. The molecule has 144 valence electrons. The van der Waals surface area contributed by atoms with E-state index < -0.39 is 0 Å². The van der Waals surface area contributed by atoms with Crippen molar-refractivity contribution < 1.29 is 4.79 Å². The monoisotopic (exact) mass is 460 g/mol. The number of aromatic nitrogens is 4. The lowest BCUT2D eigenvalue weighted by Gasteiger charge is -2.35. The Morgan fingerprint density at radius 2 is 1.93 bits per heavy atom. The molecule has 0 bridgehead atoms. The second kappa shape index (κ2) is 7.89. The molecule has 0 atom stereocenters. The van der Waals surface area contributed by atoms with Crippen LogP contribution in [0.4, 0.5) is 5.82 Å². The Morgan fingerprint density at radius 3 is 2.61 bits per heavy atom. The quantitative estimate of drug-likeness (QED) is 0.598. The molecule has 0 spiro atoms. The Kier molecular flexibility index (Phi) is 5.32. The third kappa shape index (κ3) is 3.74. The van der Waals surface area contributed by atoms with Crippen molar-refractivity contribution in [2.75, 3.05) is 31.1 Å². The van der Waals surface area contributed by atoms with Gasteiger partial charge in [0.2, 0.25) is 0 Å². The van der Waals surface area contributed by atoms with Crippen molar-refractivity contribution in [3.8, 4) is 5.69 Å². The van der Waals surface area contributed by atoms with Gasteiger partial charge in [-0.2, -0.15) is 0 Å². The van der Waals surface area contributed by atoms with Gasteiger partial charge in [0, 0.05) is 41.9 Å². The highest BCUT2D eigenvalue weighted by atomic mass is 79.9. The van der Waals surface area contributed by atoms with Crippen LogP contribution in [0, 0.1) is 6.92 Å². The Hall–Kier alpha value is -2.45. The van der Waals surface area contributed by atoms with Crippen LogP contribution in [-0.4, -0.2) is 57.0 Å². The molecule has 1 saturated heterocycles. The van der Waals surface area contributed by atoms with Crippen molar-refractivity contribution in [1.29, 1.82) is 0 Å². The molecule has 1 fully saturated rings. The fourth-order valence-corrected chi connectivity index (χ4v) is 3.64. The number of hydrogen-bond acceptors (Lipinski definition) is 5. The lowest BCUT2D eigenvalue weighted by Crippen LogP contribution is -2.49. The molecule has 3 heterocycles. The first-order valence-electron chi connectivity index (χ1n) is 8.87. The number of nitrogens with zero attached hydrogens (tertiary/aromatic N) is 6. The van der Waals surface area contributed by atoms with E-state index in [-0.39, 0.29) is 5.91 Å². The summed E-state index contributed by atoms with van der Waals surface area (Å²) in [4.78, 5) is 21.4. The van der Waals surface area contributed by atoms with Crippen molar-refractivity contribution in [3.63, 3.8) is 0 Å². The molecule has 0 radical (unpaired) electrons. The maximum atomic E-state index is 13.0. The van der Waals surface area contributed by atoms with Gasteiger partial charge < -0.3 is 9.80 Å². The van der Waals surface area contributed by atoms with E-state index in [1.54, 1.807) is 23.0 Å². The molecule has 1 aliphatic heterocycles. The normalized spacial score (nSPS) is 14.4. The van der Waals surface area contributed by atoms with E-state index in [9.17, 15) is 4.79 Å². The third-order valence-electron chi connectivity index (χ3n) is 4.75. The molecule has 0 N–H and O–H groups in total. The average Bonchev–Trinajstić information content (AvgIpc) is 3.09. The SMILES string of the molecule is Cc1c(C(=O)N2CCN(c3ccc(Br)cn3)CC2)nnn1-c1cccc(Cl)c1. The molecule has 0 unspecified atom stereocenters. The molecule has 7 nitrogen and oxygen atoms in total. The van der Waals surface area contributed by atoms with E-state index >= 15 is 0 Å². The van der Waals surface area contributed by atoms with Crippen molar-refractivity contribution in [2.45, 2.75) is 6.92 Å². The van der Waals surface area contributed by atoms with Crippen LogP contribution in [0.3, 0.4) is 0 Å². The zero-order valence-electron chi connectivity index (χ0n) is 15.2. The first-order chi connectivity index (χ1) is 13.5. The Balaban J connectivity index is 1.46. The fourth-order valence-electron chi connectivity index (χ4n) is 3.22. The van der Waals surface area contributed by atoms with Crippen LogP contribution in [0.15, 0.2) is 47.1 Å². The van der Waals surface area contributed by atoms with Crippen molar-refractivity contribution in [1.82, 2.24) is 24.9 Å². The molecule has 28 heavy (non-hydrogen) atoms. The summed E-state index contributed by atoms with van der Waals surface area (Å²) in [7, 11) is 0. The number of hydrogen-bond donors (Lipinski definition) is 0. The smallest absolute Gasteiger partial charge is 0.276 e. The average molecular weight is 462 g/mol. The molecule has 0 saturated carbocycles. The van der Waals surface area contributed by atoms with Gasteiger partial charge in [-0.1, -0.05) is 22.9 Å². The van der Waals surface area contributed by atoms with E-state index in [4.69, 9.17) is 11.6 Å². The van der Waals surface area contributed by atoms with Crippen LogP contribution in [0.25, 0.3) is 5.69 Å². The molecule has 0 aliphatic carbocycles. The minimum atomic E-state index is -0.103. The van der Waals surface area contributed by atoms with E-state index in [2.05, 4.69) is 36.1 Å². The van der Waals surface area contributed by atoms with Gasteiger partial charge in [0.25, 0.3) is 5.91 Å². The van der Waals surface area contributed by atoms with E-state index in [1.165, 1.54) is 0 Å². The van der Waals surface area contributed by atoms with Crippen molar-refractivity contribution in [2.24, 2.45) is 0 Å². The third-order valence-corrected chi connectivity index (χ3v) is 5.46.